The maximum Gasteiger partial charge on any atom is 0.153 e. The Kier molecular flexibility index (Phi) is 3.60. The van der Waals surface area contributed by atoms with Crippen molar-refractivity contribution in [2.24, 2.45) is 4.99 Å². The number of aromatic nitrogens is 2. The SMILES string of the molecule is Clc1cccc(Nc2c(-c3ccccc3)nc3n2CCN=C3)c1. The number of nitrogens with zero attached hydrogens (tertiary/aromatic N) is 3. The molecular weight excluding hydrogens is 308 g/mol. The number of imidazole rings is 1. The van der Waals surface area contributed by atoms with Crippen molar-refractivity contribution in [3.05, 3.63) is 65.4 Å². The van der Waals surface area contributed by atoms with Crippen LogP contribution in [0.4, 0.5) is 11.5 Å². The summed E-state index contributed by atoms with van der Waals surface area (Å²) in [6.07, 6.45) is 1.83. The third-order valence-corrected chi connectivity index (χ3v) is 4.03. The van der Waals surface area contributed by atoms with Gasteiger partial charge in [0.2, 0.25) is 0 Å². The van der Waals surface area contributed by atoms with Crippen LogP contribution in [0.5, 0.6) is 0 Å². The van der Waals surface area contributed by atoms with Gasteiger partial charge >= 0.3 is 0 Å². The summed E-state index contributed by atoms with van der Waals surface area (Å²) in [5.41, 5.74) is 2.95. The normalized spacial score (nSPS) is 12.9. The lowest BCUT2D eigenvalue weighted by Crippen LogP contribution is -2.13. The summed E-state index contributed by atoms with van der Waals surface area (Å²) >= 11 is 6.10. The van der Waals surface area contributed by atoms with Gasteiger partial charge in [-0.3, -0.25) is 4.99 Å². The van der Waals surface area contributed by atoms with Gasteiger partial charge in [-0.1, -0.05) is 48.0 Å². The molecular formula is C18H15ClN4. The minimum Gasteiger partial charge on any atom is -0.340 e. The van der Waals surface area contributed by atoms with Gasteiger partial charge < -0.3 is 9.88 Å². The molecule has 0 unspecified atom stereocenters. The summed E-state index contributed by atoms with van der Waals surface area (Å²) in [4.78, 5) is 9.09. The first-order valence-electron chi connectivity index (χ1n) is 7.49. The van der Waals surface area contributed by atoms with Crippen LogP contribution in [0.15, 0.2) is 59.6 Å². The number of hydrogen-bond donors (Lipinski definition) is 1. The van der Waals surface area contributed by atoms with Crippen LogP contribution in [0.3, 0.4) is 0 Å². The highest BCUT2D eigenvalue weighted by molar-refractivity contribution is 6.30. The first-order chi connectivity index (χ1) is 11.3. The zero-order valence-electron chi connectivity index (χ0n) is 12.4. The molecule has 0 aliphatic carbocycles. The number of benzene rings is 2. The number of anilines is 2. The van der Waals surface area contributed by atoms with Crippen LogP contribution >= 0.6 is 11.6 Å². The van der Waals surface area contributed by atoms with E-state index in [-0.39, 0.29) is 0 Å². The predicted octanol–water partition coefficient (Wildman–Crippen LogP) is 4.38. The van der Waals surface area contributed by atoms with Gasteiger partial charge in [0, 0.05) is 22.8 Å². The molecule has 4 rings (SSSR count). The lowest BCUT2D eigenvalue weighted by molar-refractivity contribution is 0.694. The molecule has 1 aliphatic rings. The molecule has 0 fully saturated rings. The number of halogens is 1. The minimum atomic E-state index is 0.705. The van der Waals surface area contributed by atoms with Crippen molar-refractivity contribution in [1.82, 2.24) is 9.55 Å². The quantitative estimate of drug-likeness (QED) is 0.777. The fourth-order valence-corrected chi connectivity index (χ4v) is 2.92. The van der Waals surface area contributed by atoms with E-state index in [9.17, 15) is 0 Å². The number of hydrogen-bond acceptors (Lipinski definition) is 3. The van der Waals surface area contributed by atoms with Gasteiger partial charge in [-0.2, -0.15) is 0 Å². The highest BCUT2D eigenvalue weighted by Gasteiger charge is 2.19. The molecule has 0 radical (unpaired) electrons. The molecule has 0 saturated carbocycles. The summed E-state index contributed by atoms with van der Waals surface area (Å²) in [5, 5.41) is 4.18. The van der Waals surface area contributed by atoms with Crippen LogP contribution < -0.4 is 5.32 Å². The number of fused-ring (bicyclic) bond motifs is 1. The van der Waals surface area contributed by atoms with Gasteiger partial charge in [-0.25, -0.2) is 4.98 Å². The van der Waals surface area contributed by atoms with Gasteiger partial charge in [0.25, 0.3) is 0 Å². The number of nitrogens with one attached hydrogen (secondary N) is 1. The monoisotopic (exact) mass is 322 g/mol. The molecule has 1 aliphatic heterocycles. The fourth-order valence-electron chi connectivity index (χ4n) is 2.73. The van der Waals surface area contributed by atoms with Gasteiger partial charge in [-0.15, -0.1) is 0 Å². The van der Waals surface area contributed by atoms with E-state index < -0.39 is 0 Å². The topological polar surface area (TPSA) is 42.2 Å². The Morgan fingerprint density at radius 1 is 1.04 bits per heavy atom. The van der Waals surface area contributed by atoms with Gasteiger partial charge in [-0.05, 0) is 18.2 Å². The Balaban J connectivity index is 1.83. The first-order valence-corrected chi connectivity index (χ1v) is 7.87. The average Bonchev–Trinajstić information content (AvgIpc) is 2.95. The number of aliphatic imine (C=N–C) groups is 1. The van der Waals surface area contributed by atoms with Crippen molar-refractivity contribution in [3.63, 3.8) is 0 Å². The lowest BCUT2D eigenvalue weighted by atomic mass is 10.1. The smallest absolute Gasteiger partial charge is 0.153 e. The summed E-state index contributed by atoms with van der Waals surface area (Å²) < 4.78 is 2.16. The minimum absolute atomic E-state index is 0.705. The highest BCUT2D eigenvalue weighted by Crippen LogP contribution is 2.32. The van der Waals surface area contributed by atoms with E-state index in [2.05, 4.69) is 27.0 Å². The Morgan fingerprint density at radius 3 is 2.74 bits per heavy atom. The van der Waals surface area contributed by atoms with Crippen molar-refractivity contribution < 1.29 is 0 Å². The molecule has 0 atom stereocenters. The van der Waals surface area contributed by atoms with Crippen molar-refractivity contribution in [2.45, 2.75) is 6.54 Å². The lowest BCUT2D eigenvalue weighted by Gasteiger charge is -2.14. The molecule has 3 aromatic rings. The van der Waals surface area contributed by atoms with Crippen LogP contribution in [0.2, 0.25) is 5.02 Å². The molecule has 1 aromatic heterocycles. The van der Waals surface area contributed by atoms with E-state index in [1.807, 2.05) is 48.7 Å². The van der Waals surface area contributed by atoms with E-state index in [4.69, 9.17) is 16.6 Å². The van der Waals surface area contributed by atoms with Crippen LogP contribution in [-0.4, -0.2) is 22.3 Å². The second-order valence-corrected chi connectivity index (χ2v) is 5.79. The predicted molar refractivity (Wildman–Crippen MR) is 94.9 cm³/mol. The van der Waals surface area contributed by atoms with Crippen molar-refractivity contribution in [2.75, 3.05) is 11.9 Å². The van der Waals surface area contributed by atoms with Gasteiger partial charge in [0.05, 0.1) is 12.8 Å². The summed E-state index contributed by atoms with van der Waals surface area (Å²) in [5.74, 6) is 1.85. The van der Waals surface area contributed by atoms with E-state index in [0.29, 0.717) is 5.02 Å². The van der Waals surface area contributed by atoms with Crippen LogP contribution in [0.25, 0.3) is 11.3 Å². The van der Waals surface area contributed by atoms with E-state index in [1.54, 1.807) is 0 Å². The largest absolute Gasteiger partial charge is 0.340 e. The maximum atomic E-state index is 6.10. The Hall–Kier alpha value is -2.59. The molecule has 0 amide bonds. The molecule has 2 aromatic carbocycles. The Morgan fingerprint density at radius 2 is 1.91 bits per heavy atom. The molecule has 114 valence electrons. The van der Waals surface area contributed by atoms with Crippen LogP contribution in [0, 0.1) is 0 Å². The standard InChI is InChI=1S/C18H15ClN4/c19-14-7-4-8-15(11-14)21-18-17(13-5-2-1-3-6-13)22-16-12-20-9-10-23(16)18/h1-8,11-12,21H,9-10H2. The summed E-state index contributed by atoms with van der Waals surface area (Å²) in [6.45, 7) is 1.58. The van der Waals surface area contributed by atoms with Crippen molar-refractivity contribution >= 4 is 29.3 Å². The summed E-state index contributed by atoms with van der Waals surface area (Å²) in [7, 11) is 0. The van der Waals surface area contributed by atoms with E-state index >= 15 is 0 Å². The molecule has 1 N–H and O–H groups in total. The van der Waals surface area contributed by atoms with Crippen molar-refractivity contribution in [1.29, 1.82) is 0 Å². The average molecular weight is 323 g/mol. The second-order valence-electron chi connectivity index (χ2n) is 5.36. The Labute approximate surface area is 139 Å². The van der Waals surface area contributed by atoms with Gasteiger partial charge in [0.15, 0.2) is 5.82 Å². The molecule has 4 nitrogen and oxygen atoms in total. The van der Waals surface area contributed by atoms with Gasteiger partial charge in [0.1, 0.15) is 11.5 Å². The third kappa shape index (κ3) is 2.73. The summed E-state index contributed by atoms with van der Waals surface area (Å²) in [6, 6.07) is 17.9. The van der Waals surface area contributed by atoms with Crippen LogP contribution in [-0.2, 0) is 6.54 Å². The molecule has 23 heavy (non-hydrogen) atoms. The molecule has 5 heteroatoms. The third-order valence-electron chi connectivity index (χ3n) is 3.79. The first kappa shape index (κ1) is 14.0. The molecule has 0 spiro atoms. The number of rotatable bonds is 3. The molecule has 0 bridgehead atoms. The zero-order chi connectivity index (χ0) is 15.6. The second kappa shape index (κ2) is 5.89. The zero-order valence-corrected chi connectivity index (χ0v) is 13.2. The maximum absolute atomic E-state index is 6.10. The molecule has 2 heterocycles. The highest BCUT2D eigenvalue weighted by atomic mass is 35.5. The Bertz CT molecular complexity index is 868. The van der Waals surface area contributed by atoms with E-state index in [1.165, 1.54) is 0 Å². The van der Waals surface area contributed by atoms with Crippen molar-refractivity contribution in [3.8, 4) is 11.3 Å². The fraction of sp³-hybridized carbons (Fsp3) is 0.111. The van der Waals surface area contributed by atoms with E-state index in [0.717, 1.165) is 41.7 Å². The molecule has 0 saturated heterocycles. The van der Waals surface area contributed by atoms with Crippen LogP contribution in [0.1, 0.15) is 5.82 Å².